The number of rotatable bonds is 7. The van der Waals surface area contributed by atoms with E-state index in [1.807, 2.05) is 57.2 Å². The van der Waals surface area contributed by atoms with Crippen LogP contribution in [0.25, 0.3) is 0 Å². The molecule has 0 bridgehead atoms. The van der Waals surface area contributed by atoms with E-state index in [1.54, 1.807) is 6.08 Å². The lowest BCUT2D eigenvalue weighted by Gasteiger charge is -2.35. The molecule has 1 aliphatic rings. The molecule has 0 aliphatic carbocycles. The van der Waals surface area contributed by atoms with Crippen LogP contribution in [0.2, 0.25) is 0 Å². The predicted octanol–water partition coefficient (Wildman–Crippen LogP) is 1.06. The van der Waals surface area contributed by atoms with Gasteiger partial charge in [0.15, 0.2) is 0 Å². The highest BCUT2D eigenvalue weighted by Crippen LogP contribution is 2.20. The van der Waals surface area contributed by atoms with Crippen LogP contribution in [0, 0.1) is 16.7 Å². The van der Waals surface area contributed by atoms with Crippen LogP contribution in [0.15, 0.2) is 42.0 Å². The molecule has 10 heteroatoms. The van der Waals surface area contributed by atoms with Crippen molar-refractivity contribution in [3.05, 3.63) is 47.5 Å². The van der Waals surface area contributed by atoms with Crippen LogP contribution in [0.1, 0.15) is 26.3 Å². The van der Waals surface area contributed by atoms with Gasteiger partial charge in [-0.05, 0) is 17.4 Å². The van der Waals surface area contributed by atoms with Crippen molar-refractivity contribution in [3.63, 3.8) is 0 Å². The Hall–Kier alpha value is -2.87. The molecule has 2 amide bonds. The first-order chi connectivity index (χ1) is 15.1. The Balaban J connectivity index is 1.99. The molecule has 1 saturated heterocycles. The zero-order chi connectivity index (χ0) is 23.7. The summed E-state index contributed by atoms with van der Waals surface area (Å²) in [5.41, 5.74) is 0.496. The van der Waals surface area contributed by atoms with Crippen molar-refractivity contribution in [1.29, 1.82) is 5.26 Å². The SMILES string of the molecule is CC(C)(C)C=C(C#N)C(=O)N1CCOCC1COC(=O)N[C@@H](Cc1ccccc1)B(O)O. The molecule has 3 N–H and O–H groups in total. The molecular weight excluding hydrogens is 413 g/mol. The minimum absolute atomic E-state index is 0.0279. The van der Waals surface area contributed by atoms with Gasteiger partial charge >= 0.3 is 13.2 Å². The number of allylic oxidation sites excluding steroid dienone is 1. The molecular formula is C22H30BN3O6. The van der Waals surface area contributed by atoms with Crippen LogP contribution in [-0.2, 0) is 20.7 Å². The lowest BCUT2D eigenvalue weighted by Crippen LogP contribution is -2.53. The van der Waals surface area contributed by atoms with Crippen LogP contribution in [-0.4, -0.2) is 72.4 Å². The minimum atomic E-state index is -1.78. The number of amides is 2. The third-order valence-corrected chi connectivity index (χ3v) is 4.78. The van der Waals surface area contributed by atoms with Gasteiger partial charge in [0.2, 0.25) is 0 Å². The number of nitriles is 1. The van der Waals surface area contributed by atoms with Crippen molar-refractivity contribution in [2.75, 3.05) is 26.4 Å². The number of benzene rings is 1. The number of ether oxygens (including phenoxy) is 2. The first-order valence-corrected chi connectivity index (χ1v) is 10.5. The highest BCUT2D eigenvalue weighted by molar-refractivity contribution is 6.43. The van der Waals surface area contributed by atoms with Crippen molar-refractivity contribution >= 4 is 19.1 Å². The van der Waals surface area contributed by atoms with Crippen LogP contribution in [0.5, 0.6) is 0 Å². The van der Waals surface area contributed by atoms with Gasteiger partial charge in [-0.15, -0.1) is 0 Å². The quantitative estimate of drug-likeness (QED) is 0.326. The average molecular weight is 443 g/mol. The molecule has 1 aliphatic heterocycles. The molecule has 2 rings (SSSR count). The third-order valence-electron chi connectivity index (χ3n) is 4.78. The van der Waals surface area contributed by atoms with E-state index in [2.05, 4.69) is 5.32 Å². The van der Waals surface area contributed by atoms with Crippen molar-refractivity contribution in [2.45, 2.75) is 39.2 Å². The Labute approximate surface area is 188 Å². The monoisotopic (exact) mass is 443 g/mol. The van der Waals surface area contributed by atoms with E-state index in [1.165, 1.54) is 4.90 Å². The van der Waals surface area contributed by atoms with Gasteiger partial charge in [0.1, 0.15) is 18.2 Å². The van der Waals surface area contributed by atoms with Crippen molar-refractivity contribution in [3.8, 4) is 6.07 Å². The lowest BCUT2D eigenvalue weighted by atomic mass is 9.76. The maximum Gasteiger partial charge on any atom is 0.475 e. The molecule has 1 heterocycles. The van der Waals surface area contributed by atoms with Gasteiger partial charge in [0, 0.05) is 6.54 Å². The molecule has 0 saturated carbocycles. The number of alkyl carbamates (subject to hydrolysis) is 1. The summed E-state index contributed by atoms with van der Waals surface area (Å²) in [7, 11) is -1.78. The number of carbonyl (C=O) groups is 2. The van der Waals surface area contributed by atoms with Gasteiger partial charge in [-0.1, -0.05) is 57.2 Å². The zero-order valence-electron chi connectivity index (χ0n) is 18.7. The highest BCUT2D eigenvalue weighted by Gasteiger charge is 2.32. The molecule has 1 unspecified atom stereocenters. The van der Waals surface area contributed by atoms with Crippen LogP contribution < -0.4 is 5.32 Å². The fraction of sp³-hybridized carbons (Fsp3) is 0.500. The van der Waals surface area contributed by atoms with Gasteiger partial charge in [-0.3, -0.25) is 4.79 Å². The first-order valence-electron chi connectivity index (χ1n) is 10.5. The topological polar surface area (TPSA) is 132 Å². The standard InChI is InChI=1S/C22H30BN3O6/c1-22(2,3)12-17(13-24)20(27)26-9-10-31-14-18(26)15-32-21(28)25-19(23(29)30)11-16-7-5-4-6-8-16/h4-8,12,18-19,29-30H,9-11,14-15H2,1-3H3,(H,25,28)/t18?,19-/m0/s1. The summed E-state index contributed by atoms with van der Waals surface area (Å²) in [6.07, 6.45) is 0.975. The Kier molecular flexibility index (Phi) is 9.26. The maximum absolute atomic E-state index is 12.9. The summed E-state index contributed by atoms with van der Waals surface area (Å²) in [6, 6.07) is 10.5. The van der Waals surface area contributed by atoms with E-state index < -0.39 is 31.1 Å². The summed E-state index contributed by atoms with van der Waals surface area (Å²) in [5, 5.41) is 31.1. The fourth-order valence-electron chi connectivity index (χ4n) is 3.25. The summed E-state index contributed by atoms with van der Waals surface area (Å²) < 4.78 is 10.7. The van der Waals surface area contributed by atoms with Crippen LogP contribution in [0.4, 0.5) is 4.79 Å². The lowest BCUT2D eigenvalue weighted by molar-refractivity contribution is -0.137. The Morgan fingerprint density at radius 2 is 2.06 bits per heavy atom. The number of morpholine rings is 1. The molecule has 0 spiro atoms. The largest absolute Gasteiger partial charge is 0.475 e. The number of hydrogen-bond acceptors (Lipinski definition) is 7. The van der Waals surface area contributed by atoms with Gasteiger partial charge in [0.25, 0.3) is 5.91 Å². The summed E-state index contributed by atoms with van der Waals surface area (Å²) >= 11 is 0. The van der Waals surface area contributed by atoms with E-state index in [9.17, 15) is 24.9 Å². The van der Waals surface area contributed by atoms with Crippen molar-refractivity contribution < 1.29 is 29.1 Å². The van der Waals surface area contributed by atoms with E-state index in [-0.39, 0.29) is 37.2 Å². The highest BCUT2D eigenvalue weighted by atomic mass is 16.6. The fourth-order valence-corrected chi connectivity index (χ4v) is 3.25. The molecule has 1 aromatic rings. The Morgan fingerprint density at radius 3 is 2.66 bits per heavy atom. The first kappa shape index (κ1) is 25.4. The maximum atomic E-state index is 12.9. The van der Waals surface area contributed by atoms with Gasteiger partial charge in [-0.2, -0.15) is 5.26 Å². The minimum Gasteiger partial charge on any atom is -0.447 e. The second-order valence-corrected chi connectivity index (χ2v) is 8.72. The van der Waals surface area contributed by atoms with Crippen LogP contribution >= 0.6 is 0 Å². The van der Waals surface area contributed by atoms with Gasteiger partial charge < -0.3 is 29.7 Å². The van der Waals surface area contributed by atoms with E-state index in [0.717, 1.165) is 5.56 Å². The molecule has 0 aromatic heterocycles. The predicted molar refractivity (Wildman–Crippen MR) is 118 cm³/mol. The summed E-state index contributed by atoms with van der Waals surface area (Å²) in [4.78, 5) is 26.6. The van der Waals surface area contributed by atoms with Crippen molar-refractivity contribution in [1.82, 2.24) is 10.2 Å². The Bertz CT molecular complexity index is 847. The summed E-state index contributed by atoms with van der Waals surface area (Å²) in [6.45, 7) is 6.26. The number of nitrogens with one attached hydrogen (secondary N) is 1. The second-order valence-electron chi connectivity index (χ2n) is 8.72. The summed E-state index contributed by atoms with van der Waals surface area (Å²) in [5.74, 6) is -1.40. The molecule has 9 nitrogen and oxygen atoms in total. The third kappa shape index (κ3) is 8.00. The Morgan fingerprint density at radius 1 is 1.38 bits per heavy atom. The van der Waals surface area contributed by atoms with E-state index in [0.29, 0.717) is 6.61 Å². The average Bonchev–Trinajstić information content (AvgIpc) is 2.75. The smallest absolute Gasteiger partial charge is 0.447 e. The number of hydrogen-bond donors (Lipinski definition) is 3. The molecule has 1 aromatic carbocycles. The normalized spacial score (nSPS) is 17.8. The zero-order valence-corrected chi connectivity index (χ0v) is 18.7. The number of nitrogens with zero attached hydrogens (tertiary/aromatic N) is 2. The van der Waals surface area contributed by atoms with E-state index >= 15 is 0 Å². The molecule has 172 valence electrons. The second kappa shape index (κ2) is 11.7. The molecule has 2 atom stereocenters. The van der Waals surface area contributed by atoms with Gasteiger partial charge in [0.05, 0.1) is 25.2 Å². The van der Waals surface area contributed by atoms with Gasteiger partial charge in [-0.25, -0.2) is 4.79 Å². The molecule has 1 fully saturated rings. The van der Waals surface area contributed by atoms with E-state index in [4.69, 9.17) is 9.47 Å². The molecule has 0 radical (unpaired) electrons. The van der Waals surface area contributed by atoms with Crippen LogP contribution in [0.3, 0.4) is 0 Å². The number of carbonyl (C=O) groups excluding carboxylic acids is 2. The van der Waals surface area contributed by atoms with Crippen molar-refractivity contribution in [2.24, 2.45) is 5.41 Å². The molecule has 32 heavy (non-hydrogen) atoms.